The second kappa shape index (κ2) is 7.26. The van der Waals surface area contributed by atoms with Crippen molar-refractivity contribution in [1.29, 1.82) is 0 Å². The van der Waals surface area contributed by atoms with Crippen molar-refractivity contribution in [3.8, 4) is 5.75 Å². The predicted molar refractivity (Wildman–Crippen MR) is 99.4 cm³/mol. The van der Waals surface area contributed by atoms with Crippen LogP contribution in [0.2, 0.25) is 5.02 Å². The van der Waals surface area contributed by atoms with E-state index in [2.05, 4.69) is 20.2 Å². The fraction of sp³-hybridized carbons (Fsp3) is 0.444. The molecule has 4 rings (SSSR count). The quantitative estimate of drug-likeness (QED) is 0.878. The lowest BCUT2D eigenvalue weighted by Gasteiger charge is -2.38. The van der Waals surface area contributed by atoms with Crippen molar-refractivity contribution in [2.24, 2.45) is 0 Å². The summed E-state index contributed by atoms with van der Waals surface area (Å²) in [6.07, 6.45) is 3.25. The molecule has 0 atom stereocenters. The van der Waals surface area contributed by atoms with Gasteiger partial charge in [-0.1, -0.05) is 11.6 Å². The van der Waals surface area contributed by atoms with E-state index in [4.69, 9.17) is 25.8 Å². The Balaban J connectivity index is 1.44. The first-order chi connectivity index (χ1) is 12.7. The first kappa shape index (κ1) is 17.3. The van der Waals surface area contributed by atoms with Gasteiger partial charge in [-0.15, -0.1) is 0 Å². The largest absolute Gasteiger partial charge is 0.495 e. The van der Waals surface area contributed by atoms with Crippen LogP contribution in [0.4, 0.5) is 17.3 Å². The van der Waals surface area contributed by atoms with Crippen LogP contribution in [0.25, 0.3) is 0 Å². The molecule has 1 spiro atoms. The number of nitrogens with one attached hydrogen (secondary N) is 1. The molecule has 0 radical (unpaired) electrons. The summed E-state index contributed by atoms with van der Waals surface area (Å²) in [6.45, 7) is 3.05. The van der Waals surface area contributed by atoms with E-state index >= 15 is 0 Å². The summed E-state index contributed by atoms with van der Waals surface area (Å²) in [6, 6.07) is 7.46. The summed E-state index contributed by atoms with van der Waals surface area (Å²) in [7, 11) is 1.59. The minimum absolute atomic E-state index is 0.384. The number of anilines is 3. The van der Waals surface area contributed by atoms with Crippen LogP contribution in [0, 0.1) is 0 Å². The number of benzene rings is 1. The average Bonchev–Trinajstić information content (AvgIpc) is 3.11. The number of halogens is 1. The Hall–Kier alpha value is -2.09. The van der Waals surface area contributed by atoms with Gasteiger partial charge >= 0.3 is 0 Å². The maximum Gasteiger partial charge on any atom is 0.171 e. The second-order valence-electron chi connectivity index (χ2n) is 6.33. The van der Waals surface area contributed by atoms with Crippen molar-refractivity contribution in [3.05, 3.63) is 35.6 Å². The molecule has 2 aliphatic rings. The summed E-state index contributed by atoms with van der Waals surface area (Å²) in [5.74, 6) is 1.85. The van der Waals surface area contributed by atoms with Crippen LogP contribution in [0.1, 0.15) is 12.8 Å². The van der Waals surface area contributed by atoms with E-state index in [0.717, 1.165) is 37.4 Å². The van der Waals surface area contributed by atoms with E-state index < -0.39 is 0 Å². The predicted octanol–water partition coefficient (Wildman–Crippen LogP) is 3.23. The molecule has 26 heavy (non-hydrogen) atoms. The highest BCUT2D eigenvalue weighted by molar-refractivity contribution is 6.32. The number of hydrogen-bond donors (Lipinski definition) is 1. The number of aromatic nitrogens is 2. The summed E-state index contributed by atoms with van der Waals surface area (Å²) in [4.78, 5) is 10.9. The third kappa shape index (κ3) is 3.56. The van der Waals surface area contributed by atoms with E-state index in [0.29, 0.717) is 29.8 Å². The van der Waals surface area contributed by atoms with Gasteiger partial charge in [-0.25, -0.2) is 9.97 Å². The maximum atomic E-state index is 6.18. The molecule has 2 saturated heterocycles. The zero-order chi connectivity index (χ0) is 18.0. The molecular formula is C18H21ClN4O3. The van der Waals surface area contributed by atoms with Crippen molar-refractivity contribution in [2.45, 2.75) is 18.6 Å². The standard InChI is InChI=1S/C18H21ClN4O3/c1-24-15-3-2-13(10-14(15)19)22-16-11-17(21-12-20-16)23-6-4-18(5-7-23)25-8-9-26-18/h2-3,10-12H,4-9H2,1H3,(H,20,21,22). The zero-order valence-corrected chi connectivity index (χ0v) is 15.3. The van der Waals surface area contributed by atoms with Crippen LogP contribution < -0.4 is 15.0 Å². The van der Waals surface area contributed by atoms with Crippen molar-refractivity contribution in [3.63, 3.8) is 0 Å². The maximum absolute atomic E-state index is 6.18. The molecule has 8 heteroatoms. The van der Waals surface area contributed by atoms with Gasteiger partial charge in [0.1, 0.15) is 23.7 Å². The molecule has 2 fully saturated rings. The Morgan fingerprint density at radius 1 is 1.15 bits per heavy atom. The van der Waals surface area contributed by atoms with E-state index in [-0.39, 0.29) is 5.79 Å². The third-order valence-corrected chi connectivity index (χ3v) is 5.04. The number of methoxy groups -OCH3 is 1. The van der Waals surface area contributed by atoms with Crippen LogP contribution in [-0.4, -0.2) is 49.2 Å². The number of piperidine rings is 1. The van der Waals surface area contributed by atoms with Crippen molar-refractivity contribution in [1.82, 2.24) is 9.97 Å². The van der Waals surface area contributed by atoms with Crippen molar-refractivity contribution in [2.75, 3.05) is 43.6 Å². The van der Waals surface area contributed by atoms with Gasteiger partial charge in [0.25, 0.3) is 0 Å². The molecule has 2 aromatic rings. The Kier molecular flexibility index (Phi) is 4.84. The number of rotatable bonds is 4. The van der Waals surface area contributed by atoms with Crippen LogP contribution in [0.5, 0.6) is 5.75 Å². The molecule has 138 valence electrons. The first-order valence-corrected chi connectivity index (χ1v) is 9.01. The smallest absolute Gasteiger partial charge is 0.171 e. The van der Waals surface area contributed by atoms with E-state index in [1.54, 1.807) is 13.4 Å². The molecule has 0 aliphatic carbocycles. The third-order valence-electron chi connectivity index (χ3n) is 4.74. The zero-order valence-electron chi connectivity index (χ0n) is 14.6. The van der Waals surface area contributed by atoms with Gasteiger partial charge in [-0.2, -0.15) is 0 Å². The fourth-order valence-electron chi connectivity index (χ4n) is 3.34. The Labute approximate surface area is 157 Å². The van der Waals surface area contributed by atoms with Gasteiger partial charge in [0, 0.05) is 37.7 Å². The molecule has 1 aromatic carbocycles. The van der Waals surface area contributed by atoms with Crippen LogP contribution >= 0.6 is 11.6 Å². The summed E-state index contributed by atoms with van der Waals surface area (Å²) in [5.41, 5.74) is 0.839. The minimum atomic E-state index is -0.384. The monoisotopic (exact) mass is 376 g/mol. The molecule has 2 aliphatic heterocycles. The molecule has 1 aromatic heterocycles. The van der Waals surface area contributed by atoms with E-state index in [1.165, 1.54) is 0 Å². The van der Waals surface area contributed by atoms with Crippen LogP contribution in [0.15, 0.2) is 30.6 Å². The SMILES string of the molecule is COc1ccc(Nc2cc(N3CCC4(CC3)OCCO4)ncn2)cc1Cl. The lowest BCUT2D eigenvalue weighted by molar-refractivity contribution is -0.169. The summed E-state index contributed by atoms with van der Waals surface area (Å²) in [5, 5.41) is 3.80. The molecule has 0 unspecified atom stereocenters. The lowest BCUT2D eigenvalue weighted by atomic mass is 10.0. The highest BCUT2D eigenvalue weighted by Crippen LogP contribution is 2.33. The molecule has 0 bridgehead atoms. The molecule has 7 nitrogen and oxygen atoms in total. The first-order valence-electron chi connectivity index (χ1n) is 8.63. The molecule has 0 saturated carbocycles. The lowest BCUT2D eigenvalue weighted by Crippen LogP contribution is -2.45. The second-order valence-corrected chi connectivity index (χ2v) is 6.74. The van der Waals surface area contributed by atoms with Crippen molar-refractivity contribution < 1.29 is 14.2 Å². The van der Waals surface area contributed by atoms with Crippen molar-refractivity contribution >= 4 is 28.9 Å². The molecule has 3 heterocycles. The van der Waals surface area contributed by atoms with Gasteiger partial charge in [0.15, 0.2) is 5.79 Å². The van der Waals surface area contributed by atoms with Gasteiger partial charge in [0.05, 0.1) is 25.3 Å². The highest BCUT2D eigenvalue weighted by Gasteiger charge is 2.40. The van der Waals surface area contributed by atoms with Crippen LogP contribution in [0.3, 0.4) is 0 Å². The fourth-order valence-corrected chi connectivity index (χ4v) is 3.60. The van der Waals surface area contributed by atoms with Crippen LogP contribution in [-0.2, 0) is 9.47 Å². The van der Waals surface area contributed by atoms with Gasteiger partial charge in [0.2, 0.25) is 0 Å². The molecular weight excluding hydrogens is 356 g/mol. The van der Waals surface area contributed by atoms with Gasteiger partial charge < -0.3 is 24.4 Å². The normalized spacial score (nSPS) is 18.9. The Morgan fingerprint density at radius 2 is 1.92 bits per heavy atom. The average molecular weight is 377 g/mol. The number of ether oxygens (including phenoxy) is 3. The Bertz CT molecular complexity index is 773. The topological polar surface area (TPSA) is 68.7 Å². The molecule has 0 amide bonds. The highest BCUT2D eigenvalue weighted by atomic mass is 35.5. The van der Waals surface area contributed by atoms with E-state index in [9.17, 15) is 0 Å². The summed E-state index contributed by atoms with van der Waals surface area (Å²) >= 11 is 6.18. The van der Waals surface area contributed by atoms with Gasteiger partial charge in [-0.05, 0) is 18.2 Å². The van der Waals surface area contributed by atoms with Gasteiger partial charge in [-0.3, -0.25) is 0 Å². The minimum Gasteiger partial charge on any atom is -0.495 e. The Morgan fingerprint density at radius 3 is 2.62 bits per heavy atom. The summed E-state index contributed by atoms with van der Waals surface area (Å²) < 4.78 is 16.7. The van der Waals surface area contributed by atoms with E-state index in [1.807, 2.05) is 24.3 Å². The number of nitrogens with zero attached hydrogens (tertiary/aromatic N) is 3. The number of hydrogen-bond acceptors (Lipinski definition) is 7. The molecule has 1 N–H and O–H groups in total.